The van der Waals surface area contributed by atoms with Gasteiger partial charge in [0, 0.05) is 36.9 Å². The van der Waals surface area contributed by atoms with Crippen molar-refractivity contribution in [3.8, 4) is 5.75 Å². The molecule has 154 valence electrons. The first kappa shape index (κ1) is 20.9. The molecule has 3 rings (SSSR count). The summed E-state index contributed by atoms with van der Waals surface area (Å²) >= 11 is 6.01. The summed E-state index contributed by atoms with van der Waals surface area (Å²) in [4.78, 5) is 28.1. The molecule has 1 aliphatic rings. The fourth-order valence-corrected chi connectivity index (χ4v) is 3.17. The Kier molecular flexibility index (Phi) is 6.87. The van der Waals surface area contributed by atoms with Crippen molar-refractivity contribution < 1.29 is 27.8 Å². The number of piperazine rings is 1. The molecule has 1 fully saturated rings. The highest BCUT2D eigenvalue weighted by molar-refractivity contribution is 6.30. The number of nitrogens with zero attached hydrogens (tertiary/aromatic N) is 2. The van der Waals surface area contributed by atoms with Gasteiger partial charge in [0.15, 0.2) is 6.61 Å². The van der Waals surface area contributed by atoms with Crippen molar-refractivity contribution >= 4 is 29.2 Å². The van der Waals surface area contributed by atoms with E-state index in [9.17, 15) is 18.4 Å². The third-order valence-electron chi connectivity index (χ3n) is 4.43. The van der Waals surface area contributed by atoms with Crippen LogP contribution in [-0.2, 0) is 9.53 Å². The molecule has 2 aromatic carbocycles. The minimum Gasteiger partial charge on any atom is -0.452 e. The maximum Gasteiger partial charge on any atom is 0.387 e. The molecule has 0 unspecified atom stereocenters. The standard InChI is InChI=1S/C20H19ClF2N2O4/c21-15-4-2-5-16(12-15)24-7-9-25(10-8-24)18(26)13-28-19(27)14-3-1-6-17(11-14)29-20(22)23/h1-6,11-12,20H,7-10,13H2. The van der Waals surface area contributed by atoms with E-state index in [-0.39, 0.29) is 17.2 Å². The number of carbonyl (C=O) groups is 2. The predicted molar refractivity (Wildman–Crippen MR) is 104 cm³/mol. The number of alkyl halides is 2. The van der Waals surface area contributed by atoms with Crippen LogP contribution in [0.4, 0.5) is 14.5 Å². The Balaban J connectivity index is 1.48. The summed E-state index contributed by atoms with van der Waals surface area (Å²) in [5.74, 6) is -1.25. The van der Waals surface area contributed by atoms with Crippen LogP contribution in [-0.4, -0.2) is 56.2 Å². The van der Waals surface area contributed by atoms with E-state index >= 15 is 0 Å². The van der Waals surface area contributed by atoms with Crippen LogP contribution in [0.15, 0.2) is 48.5 Å². The zero-order chi connectivity index (χ0) is 20.8. The fourth-order valence-electron chi connectivity index (χ4n) is 2.99. The molecule has 1 heterocycles. The van der Waals surface area contributed by atoms with Gasteiger partial charge in [0.25, 0.3) is 5.91 Å². The Morgan fingerprint density at radius 1 is 1.03 bits per heavy atom. The number of carbonyl (C=O) groups excluding carboxylic acids is 2. The van der Waals surface area contributed by atoms with Crippen molar-refractivity contribution in [1.82, 2.24) is 4.90 Å². The summed E-state index contributed by atoms with van der Waals surface area (Å²) in [5, 5.41) is 0.649. The van der Waals surface area contributed by atoms with E-state index in [0.717, 1.165) is 11.8 Å². The Bertz CT molecular complexity index is 873. The van der Waals surface area contributed by atoms with E-state index in [1.54, 1.807) is 11.0 Å². The van der Waals surface area contributed by atoms with Crippen molar-refractivity contribution in [3.05, 3.63) is 59.1 Å². The third kappa shape index (κ3) is 5.80. The molecule has 0 bridgehead atoms. The fraction of sp³-hybridized carbons (Fsp3) is 0.300. The lowest BCUT2D eigenvalue weighted by molar-refractivity contribution is -0.134. The number of hydrogen-bond acceptors (Lipinski definition) is 5. The highest BCUT2D eigenvalue weighted by atomic mass is 35.5. The highest BCUT2D eigenvalue weighted by Gasteiger charge is 2.22. The Labute approximate surface area is 171 Å². The molecule has 0 saturated carbocycles. The van der Waals surface area contributed by atoms with Crippen LogP contribution >= 0.6 is 11.6 Å². The molecule has 9 heteroatoms. The number of halogens is 3. The maximum atomic E-state index is 12.3. The molecule has 0 N–H and O–H groups in total. The number of rotatable bonds is 6. The number of benzene rings is 2. The maximum absolute atomic E-state index is 12.3. The SMILES string of the molecule is O=C(OCC(=O)N1CCN(c2cccc(Cl)c2)CC1)c1cccc(OC(F)F)c1. The average molecular weight is 425 g/mol. The van der Waals surface area contributed by atoms with Gasteiger partial charge in [0.2, 0.25) is 0 Å². The molecule has 0 aromatic heterocycles. The zero-order valence-corrected chi connectivity index (χ0v) is 16.1. The lowest BCUT2D eigenvalue weighted by Crippen LogP contribution is -2.49. The van der Waals surface area contributed by atoms with Gasteiger partial charge in [-0.2, -0.15) is 8.78 Å². The summed E-state index contributed by atoms with van der Waals surface area (Å²) in [6, 6.07) is 12.7. The second-order valence-electron chi connectivity index (χ2n) is 6.33. The molecule has 0 aliphatic carbocycles. The number of ether oxygens (including phenoxy) is 2. The van der Waals surface area contributed by atoms with E-state index in [0.29, 0.717) is 31.2 Å². The second kappa shape index (κ2) is 9.56. The predicted octanol–water partition coefficient (Wildman–Crippen LogP) is 3.45. The molecule has 0 radical (unpaired) electrons. The molecular formula is C20H19ClF2N2O4. The summed E-state index contributed by atoms with van der Waals surface area (Å²) in [6.07, 6.45) is 0. The Morgan fingerprint density at radius 2 is 1.76 bits per heavy atom. The summed E-state index contributed by atoms with van der Waals surface area (Å²) in [5.41, 5.74) is 1.02. The van der Waals surface area contributed by atoms with Crippen LogP contribution < -0.4 is 9.64 Å². The Morgan fingerprint density at radius 3 is 2.45 bits per heavy atom. The molecule has 1 amide bonds. The second-order valence-corrected chi connectivity index (χ2v) is 6.77. The van der Waals surface area contributed by atoms with Crippen LogP contribution in [0, 0.1) is 0 Å². The first-order valence-electron chi connectivity index (χ1n) is 8.92. The van der Waals surface area contributed by atoms with E-state index in [4.69, 9.17) is 16.3 Å². The van der Waals surface area contributed by atoms with Gasteiger partial charge in [0.1, 0.15) is 5.75 Å². The largest absolute Gasteiger partial charge is 0.452 e. The number of amides is 1. The van der Waals surface area contributed by atoms with Crippen molar-refractivity contribution in [2.24, 2.45) is 0 Å². The average Bonchev–Trinajstić information content (AvgIpc) is 2.71. The van der Waals surface area contributed by atoms with Crippen LogP contribution in [0.1, 0.15) is 10.4 Å². The molecule has 1 aliphatic heterocycles. The summed E-state index contributed by atoms with van der Waals surface area (Å²) < 4.78 is 33.8. The van der Waals surface area contributed by atoms with Gasteiger partial charge < -0.3 is 19.3 Å². The number of anilines is 1. The monoisotopic (exact) mass is 424 g/mol. The van der Waals surface area contributed by atoms with Gasteiger partial charge >= 0.3 is 12.6 Å². The first-order chi connectivity index (χ1) is 13.9. The zero-order valence-electron chi connectivity index (χ0n) is 15.4. The molecule has 0 atom stereocenters. The van der Waals surface area contributed by atoms with Crippen LogP contribution in [0.3, 0.4) is 0 Å². The van der Waals surface area contributed by atoms with Gasteiger partial charge in [-0.05, 0) is 36.4 Å². The van der Waals surface area contributed by atoms with Crippen molar-refractivity contribution in [2.75, 3.05) is 37.7 Å². The van der Waals surface area contributed by atoms with Gasteiger partial charge in [-0.15, -0.1) is 0 Å². The van der Waals surface area contributed by atoms with Crippen LogP contribution in [0.2, 0.25) is 5.02 Å². The minimum absolute atomic E-state index is 0.0294. The first-order valence-corrected chi connectivity index (χ1v) is 9.30. The topological polar surface area (TPSA) is 59.1 Å². The van der Waals surface area contributed by atoms with Gasteiger partial charge in [0.05, 0.1) is 5.56 Å². The third-order valence-corrected chi connectivity index (χ3v) is 4.66. The minimum atomic E-state index is -2.99. The summed E-state index contributed by atoms with van der Waals surface area (Å²) in [6.45, 7) is -1.18. The molecule has 2 aromatic rings. The van der Waals surface area contributed by atoms with Gasteiger partial charge in [-0.25, -0.2) is 4.79 Å². The smallest absolute Gasteiger partial charge is 0.387 e. The molecule has 29 heavy (non-hydrogen) atoms. The molecular weight excluding hydrogens is 406 g/mol. The van der Waals surface area contributed by atoms with E-state index in [2.05, 4.69) is 9.64 Å². The number of hydrogen-bond donors (Lipinski definition) is 0. The van der Waals surface area contributed by atoms with E-state index in [1.165, 1.54) is 18.2 Å². The van der Waals surface area contributed by atoms with Crippen molar-refractivity contribution in [3.63, 3.8) is 0 Å². The van der Waals surface area contributed by atoms with Gasteiger partial charge in [-0.3, -0.25) is 4.79 Å². The lowest BCUT2D eigenvalue weighted by atomic mass is 10.2. The van der Waals surface area contributed by atoms with Crippen molar-refractivity contribution in [2.45, 2.75) is 6.61 Å². The molecule has 1 saturated heterocycles. The Hall–Kier alpha value is -2.87. The lowest BCUT2D eigenvalue weighted by Gasteiger charge is -2.36. The normalized spacial score (nSPS) is 14.1. The molecule has 6 nitrogen and oxygen atoms in total. The highest BCUT2D eigenvalue weighted by Crippen LogP contribution is 2.21. The van der Waals surface area contributed by atoms with Crippen molar-refractivity contribution in [1.29, 1.82) is 0 Å². The van der Waals surface area contributed by atoms with E-state index < -0.39 is 19.2 Å². The van der Waals surface area contributed by atoms with Crippen LogP contribution in [0.25, 0.3) is 0 Å². The number of esters is 1. The quantitative estimate of drug-likeness (QED) is 0.665. The van der Waals surface area contributed by atoms with Crippen LogP contribution in [0.5, 0.6) is 5.75 Å². The summed E-state index contributed by atoms with van der Waals surface area (Å²) in [7, 11) is 0. The van der Waals surface area contributed by atoms with E-state index in [1.807, 2.05) is 18.2 Å². The van der Waals surface area contributed by atoms with Gasteiger partial charge in [-0.1, -0.05) is 23.7 Å². The molecule has 0 spiro atoms.